The molecule has 2 aromatic carbocycles. The molecule has 0 saturated carbocycles. The maximum Gasteiger partial charge on any atom is 0.264 e. The highest BCUT2D eigenvalue weighted by molar-refractivity contribution is 8.18. The minimum absolute atomic E-state index is 0.196. The predicted octanol–water partition coefficient (Wildman–Crippen LogP) is 5.20. The maximum atomic E-state index is 12.3. The van der Waals surface area contributed by atoms with Crippen LogP contribution in [0.3, 0.4) is 0 Å². The van der Waals surface area contributed by atoms with Gasteiger partial charge in [-0.2, -0.15) is 0 Å². The van der Waals surface area contributed by atoms with Crippen molar-refractivity contribution in [1.29, 1.82) is 0 Å². The first-order valence-electron chi connectivity index (χ1n) is 8.92. The molecule has 0 bridgehead atoms. The lowest BCUT2D eigenvalue weighted by Crippen LogP contribution is -2.19. The number of benzene rings is 2. The smallest absolute Gasteiger partial charge is 0.264 e. The van der Waals surface area contributed by atoms with Crippen molar-refractivity contribution in [3.8, 4) is 11.5 Å². The van der Waals surface area contributed by atoms with Gasteiger partial charge in [0.25, 0.3) is 5.91 Å². The Morgan fingerprint density at radius 2 is 1.96 bits per heavy atom. The Hall–Kier alpha value is -2.44. The third-order valence-corrected chi connectivity index (χ3v) is 5.25. The van der Waals surface area contributed by atoms with Crippen molar-refractivity contribution in [2.75, 3.05) is 13.7 Å². The molecule has 28 heavy (non-hydrogen) atoms. The molecule has 2 aromatic rings. The molecule has 0 radical (unpaired) electrons. The van der Waals surface area contributed by atoms with Gasteiger partial charge >= 0.3 is 0 Å². The fourth-order valence-corrected chi connectivity index (χ4v) is 3.78. The predicted molar refractivity (Wildman–Crippen MR) is 116 cm³/mol. The first kappa shape index (κ1) is 20.3. The first-order chi connectivity index (χ1) is 13.5. The van der Waals surface area contributed by atoms with Crippen molar-refractivity contribution in [2.45, 2.75) is 20.3 Å². The number of rotatable bonds is 6. The van der Waals surface area contributed by atoms with Crippen molar-refractivity contribution < 1.29 is 14.3 Å². The van der Waals surface area contributed by atoms with E-state index < -0.39 is 0 Å². The van der Waals surface area contributed by atoms with Gasteiger partial charge in [-0.3, -0.25) is 4.79 Å². The second-order valence-corrected chi connectivity index (χ2v) is 7.41. The van der Waals surface area contributed by atoms with Crippen LogP contribution >= 0.6 is 23.4 Å². The Labute approximate surface area is 173 Å². The largest absolute Gasteiger partial charge is 0.493 e. The molecule has 0 spiro atoms. The van der Waals surface area contributed by atoms with E-state index in [0.717, 1.165) is 17.7 Å². The van der Waals surface area contributed by atoms with E-state index in [-0.39, 0.29) is 5.91 Å². The summed E-state index contributed by atoms with van der Waals surface area (Å²) in [7, 11) is 1.55. The number of aryl methyl sites for hydroxylation is 1. The molecule has 7 heteroatoms. The number of aliphatic imine (C=N–C) groups is 1. The number of amides is 1. The minimum atomic E-state index is -0.196. The molecule has 1 aliphatic rings. The SMILES string of the molecule is CCOc1c(Cl)cc(/C=C2\SC(=Nc3ccc(CC)cc3)NC2=O)cc1OC. The van der Waals surface area contributed by atoms with E-state index in [0.29, 0.717) is 33.2 Å². The summed E-state index contributed by atoms with van der Waals surface area (Å²) in [6.45, 7) is 4.46. The second-order valence-electron chi connectivity index (χ2n) is 5.97. The zero-order valence-electron chi connectivity index (χ0n) is 15.9. The van der Waals surface area contributed by atoms with Gasteiger partial charge in [0.05, 0.1) is 29.3 Å². The molecular formula is C21H21ClN2O3S. The summed E-state index contributed by atoms with van der Waals surface area (Å²) in [4.78, 5) is 17.4. The number of ether oxygens (including phenoxy) is 2. The molecule has 1 fully saturated rings. The van der Waals surface area contributed by atoms with Crippen LogP contribution in [0.25, 0.3) is 6.08 Å². The molecule has 1 N–H and O–H groups in total. The fourth-order valence-electron chi connectivity index (χ4n) is 2.66. The molecule has 0 aliphatic carbocycles. The Bertz CT molecular complexity index is 939. The van der Waals surface area contributed by atoms with Gasteiger partial charge in [0.1, 0.15) is 0 Å². The Kier molecular flexibility index (Phi) is 6.65. The Balaban J connectivity index is 1.84. The molecule has 0 unspecified atom stereocenters. The average Bonchev–Trinajstić information content (AvgIpc) is 3.03. The van der Waals surface area contributed by atoms with Crippen molar-refractivity contribution in [2.24, 2.45) is 4.99 Å². The van der Waals surface area contributed by atoms with E-state index >= 15 is 0 Å². The van der Waals surface area contributed by atoms with Gasteiger partial charge in [-0.1, -0.05) is 30.7 Å². The monoisotopic (exact) mass is 416 g/mol. The maximum absolute atomic E-state index is 12.3. The van der Waals surface area contributed by atoms with Crippen LogP contribution in [0.15, 0.2) is 46.3 Å². The van der Waals surface area contributed by atoms with E-state index in [4.69, 9.17) is 21.1 Å². The minimum Gasteiger partial charge on any atom is -0.493 e. The molecule has 1 heterocycles. The van der Waals surface area contributed by atoms with Gasteiger partial charge in [0.15, 0.2) is 16.7 Å². The molecule has 0 atom stereocenters. The number of nitrogens with one attached hydrogen (secondary N) is 1. The average molecular weight is 417 g/mol. The molecule has 0 aromatic heterocycles. The zero-order valence-corrected chi connectivity index (χ0v) is 17.5. The van der Waals surface area contributed by atoms with E-state index in [1.54, 1.807) is 25.3 Å². The highest BCUT2D eigenvalue weighted by atomic mass is 35.5. The van der Waals surface area contributed by atoms with Gasteiger partial charge in [-0.25, -0.2) is 4.99 Å². The van der Waals surface area contributed by atoms with Crippen LogP contribution in [0, 0.1) is 0 Å². The van der Waals surface area contributed by atoms with Crippen LogP contribution in [-0.4, -0.2) is 24.8 Å². The number of carbonyl (C=O) groups excluding carboxylic acids is 1. The molecular weight excluding hydrogens is 396 g/mol. The van der Waals surface area contributed by atoms with E-state index in [2.05, 4.69) is 17.2 Å². The van der Waals surface area contributed by atoms with Crippen molar-refractivity contribution in [3.05, 3.63) is 57.5 Å². The topological polar surface area (TPSA) is 59.9 Å². The first-order valence-corrected chi connectivity index (χ1v) is 10.1. The van der Waals surface area contributed by atoms with Gasteiger partial charge in [-0.05, 0) is 66.6 Å². The highest BCUT2D eigenvalue weighted by Crippen LogP contribution is 2.38. The van der Waals surface area contributed by atoms with Gasteiger partial charge in [0, 0.05) is 0 Å². The van der Waals surface area contributed by atoms with E-state index in [1.165, 1.54) is 17.3 Å². The standard InChI is InChI=1S/C21H21ClN2O3S/c1-4-13-6-8-15(9-7-13)23-21-24-20(25)18(28-21)12-14-10-16(22)19(27-5-2)17(11-14)26-3/h6-12H,4-5H2,1-3H3,(H,23,24,25)/b18-12-. The van der Waals surface area contributed by atoms with Gasteiger partial charge in [-0.15, -0.1) is 0 Å². The number of thioether (sulfide) groups is 1. The number of nitrogens with zero attached hydrogens (tertiary/aromatic N) is 1. The summed E-state index contributed by atoms with van der Waals surface area (Å²) in [6, 6.07) is 11.5. The number of halogens is 1. The van der Waals surface area contributed by atoms with Crippen LogP contribution in [-0.2, 0) is 11.2 Å². The summed E-state index contributed by atoms with van der Waals surface area (Å²) in [5.41, 5.74) is 2.79. The van der Waals surface area contributed by atoms with Crippen LogP contribution in [0.1, 0.15) is 25.0 Å². The van der Waals surface area contributed by atoms with E-state index in [9.17, 15) is 4.79 Å². The number of carbonyl (C=O) groups is 1. The summed E-state index contributed by atoms with van der Waals surface area (Å²) < 4.78 is 10.9. The summed E-state index contributed by atoms with van der Waals surface area (Å²) in [5, 5.41) is 3.77. The van der Waals surface area contributed by atoms with Gasteiger partial charge in [0.2, 0.25) is 0 Å². The Morgan fingerprint density at radius 1 is 1.21 bits per heavy atom. The quantitative estimate of drug-likeness (QED) is 0.657. The van der Waals surface area contributed by atoms with Crippen molar-refractivity contribution >= 4 is 46.2 Å². The molecule has 1 aliphatic heterocycles. The normalized spacial score (nSPS) is 16.5. The lowest BCUT2D eigenvalue weighted by molar-refractivity contribution is -0.115. The summed E-state index contributed by atoms with van der Waals surface area (Å²) in [5.74, 6) is 0.822. The van der Waals surface area contributed by atoms with E-state index in [1.807, 2.05) is 31.2 Å². The van der Waals surface area contributed by atoms with Crippen molar-refractivity contribution in [3.63, 3.8) is 0 Å². The van der Waals surface area contributed by atoms with Crippen LogP contribution in [0.5, 0.6) is 11.5 Å². The number of amidine groups is 1. The highest BCUT2D eigenvalue weighted by Gasteiger charge is 2.24. The van der Waals surface area contributed by atoms with Gasteiger partial charge < -0.3 is 14.8 Å². The Morgan fingerprint density at radius 3 is 2.61 bits per heavy atom. The summed E-state index contributed by atoms with van der Waals surface area (Å²) >= 11 is 7.60. The molecule has 1 amide bonds. The second kappa shape index (κ2) is 9.17. The zero-order chi connectivity index (χ0) is 20.1. The van der Waals surface area contributed by atoms with Crippen molar-refractivity contribution in [1.82, 2.24) is 5.32 Å². The lowest BCUT2D eigenvalue weighted by atomic mass is 10.2. The third-order valence-electron chi connectivity index (χ3n) is 4.06. The molecule has 146 valence electrons. The number of hydrogen-bond donors (Lipinski definition) is 1. The van der Waals surface area contributed by atoms with Crippen LogP contribution in [0.4, 0.5) is 5.69 Å². The fraction of sp³-hybridized carbons (Fsp3) is 0.238. The number of hydrogen-bond acceptors (Lipinski definition) is 5. The van der Waals surface area contributed by atoms with Crippen LogP contribution < -0.4 is 14.8 Å². The molecule has 3 rings (SSSR count). The van der Waals surface area contributed by atoms with Crippen LogP contribution in [0.2, 0.25) is 5.02 Å². The lowest BCUT2D eigenvalue weighted by Gasteiger charge is -2.12. The summed E-state index contributed by atoms with van der Waals surface area (Å²) in [6.07, 6.45) is 2.73. The third kappa shape index (κ3) is 4.69. The number of methoxy groups -OCH3 is 1. The molecule has 5 nitrogen and oxygen atoms in total. The molecule has 1 saturated heterocycles.